The largest absolute Gasteiger partial charge is 0.309 e. The lowest BCUT2D eigenvalue weighted by Gasteiger charge is -2.52. The van der Waals surface area contributed by atoms with Gasteiger partial charge in [0.1, 0.15) is 0 Å². The van der Waals surface area contributed by atoms with Gasteiger partial charge in [-0.3, -0.25) is 9.88 Å². The fourth-order valence-corrected chi connectivity index (χ4v) is 3.50. The maximum atomic E-state index is 4.20. The van der Waals surface area contributed by atoms with E-state index in [1.165, 1.54) is 17.7 Å². The first-order valence-electron chi connectivity index (χ1n) is 6.89. The van der Waals surface area contributed by atoms with Crippen LogP contribution in [0.4, 0.5) is 0 Å². The maximum absolute atomic E-state index is 4.20. The molecule has 0 atom stereocenters. The molecule has 1 fully saturated rings. The van der Waals surface area contributed by atoms with Crippen LogP contribution in [0.2, 0.25) is 0 Å². The van der Waals surface area contributed by atoms with Crippen LogP contribution >= 0.6 is 11.3 Å². The molecule has 0 amide bonds. The molecule has 1 saturated heterocycles. The molecule has 1 aliphatic heterocycles. The number of aromatic nitrogens is 1. The second-order valence-corrected chi connectivity index (χ2v) is 6.96. The normalized spacial score (nSPS) is 23.1. The van der Waals surface area contributed by atoms with Gasteiger partial charge < -0.3 is 5.32 Å². The van der Waals surface area contributed by atoms with Crippen LogP contribution in [-0.4, -0.2) is 34.1 Å². The van der Waals surface area contributed by atoms with Gasteiger partial charge in [0, 0.05) is 41.8 Å². The summed E-state index contributed by atoms with van der Waals surface area (Å²) in [5.74, 6) is 0. The van der Waals surface area contributed by atoms with Gasteiger partial charge in [-0.1, -0.05) is 13.8 Å². The summed E-state index contributed by atoms with van der Waals surface area (Å²) in [6, 6.07) is 0. The molecule has 0 bridgehead atoms. The van der Waals surface area contributed by atoms with E-state index >= 15 is 0 Å². The molecule has 2 heterocycles. The Morgan fingerprint density at radius 3 is 2.67 bits per heavy atom. The van der Waals surface area contributed by atoms with Crippen molar-refractivity contribution in [2.75, 3.05) is 13.1 Å². The van der Waals surface area contributed by atoms with Crippen LogP contribution in [0, 0.1) is 0 Å². The van der Waals surface area contributed by atoms with Gasteiger partial charge in [-0.05, 0) is 26.7 Å². The van der Waals surface area contributed by atoms with Crippen molar-refractivity contribution in [1.82, 2.24) is 15.2 Å². The third kappa shape index (κ3) is 2.76. The summed E-state index contributed by atoms with van der Waals surface area (Å²) in [5.41, 5.74) is 2.44. The van der Waals surface area contributed by atoms with E-state index in [4.69, 9.17) is 0 Å². The molecule has 4 heteroatoms. The summed E-state index contributed by atoms with van der Waals surface area (Å²) in [4.78, 5) is 8.24. The van der Waals surface area contributed by atoms with Crippen molar-refractivity contribution in [2.24, 2.45) is 0 Å². The van der Waals surface area contributed by atoms with E-state index in [0.717, 1.165) is 19.6 Å². The van der Waals surface area contributed by atoms with E-state index < -0.39 is 0 Å². The van der Waals surface area contributed by atoms with E-state index in [1.54, 1.807) is 11.3 Å². The Morgan fingerprint density at radius 1 is 1.39 bits per heavy atom. The highest BCUT2D eigenvalue weighted by Gasteiger charge is 2.41. The van der Waals surface area contributed by atoms with Crippen molar-refractivity contribution in [2.45, 2.75) is 58.2 Å². The molecule has 0 aliphatic carbocycles. The standard InChI is InChI=1S/C14H25N3S/c1-5-14(6-2)9-16-13(3,4)10-17(14)8-12-7-15-11-18-12/h7,11,16H,5-6,8-10H2,1-4H3. The molecular weight excluding hydrogens is 242 g/mol. The Morgan fingerprint density at radius 2 is 2.11 bits per heavy atom. The number of nitrogens with zero attached hydrogens (tertiary/aromatic N) is 2. The molecule has 1 aromatic heterocycles. The summed E-state index contributed by atoms with van der Waals surface area (Å²) in [6.07, 6.45) is 4.41. The number of hydrogen-bond donors (Lipinski definition) is 1. The molecule has 2 rings (SSSR count). The number of thiazole rings is 1. The smallest absolute Gasteiger partial charge is 0.0794 e. The predicted octanol–water partition coefficient (Wildman–Crippen LogP) is 2.89. The lowest BCUT2D eigenvalue weighted by Crippen LogP contribution is -2.67. The molecule has 0 spiro atoms. The molecule has 102 valence electrons. The van der Waals surface area contributed by atoms with Crippen LogP contribution in [0.5, 0.6) is 0 Å². The Kier molecular flexibility index (Phi) is 4.09. The first-order valence-corrected chi connectivity index (χ1v) is 7.77. The van der Waals surface area contributed by atoms with E-state index in [2.05, 4.69) is 42.9 Å². The molecule has 3 nitrogen and oxygen atoms in total. The van der Waals surface area contributed by atoms with Crippen molar-refractivity contribution in [1.29, 1.82) is 0 Å². The van der Waals surface area contributed by atoms with Gasteiger partial charge in [0.15, 0.2) is 0 Å². The summed E-state index contributed by atoms with van der Waals surface area (Å²) in [6.45, 7) is 12.4. The van der Waals surface area contributed by atoms with E-state index in [1.807, 2.05) is 11.7 Å². The van der Waals surface area contributed by atoms with Crippen LogP contribution in [0.25, 0.3) is 0 Å². The zero-order valence-electron chi connectivity index (χ0n) is 12.0. The first-order chi connectivity index (χ1) is 8.51. The van der Waals surface area contributed by atoms with Crippen molar-refractivity contribution in [3.63, 3.8) is 0 Å². The van der Waals surface area contributed by atoms with Crippen LogP contribution in [0.1, 0.15) is 45.4 Å². The molecule has 18 heavy (non-hydrogen) atoms. The lowest BCUT2D eigenvalue weighted by molar-refractivity contribution is 0.00303. The highest BCUT2D eigenvalue weighted by molar-refractivity contribution is 7.09. The molecule has 0 saturated carbocycles. The minimum atomic E-state index is 0.207. The first kappa shape index (κ1) is 14.0. The Hall–Kier alpha value is -0.450. The van der Waals surface area contributed by atoms with E-state index in [0.29, 0.717) is 5.54 Å². The third-order valence-corrected chi connectivity index (χ3v) is 5.06. The van der Waals surface area contributed by atoms with Gasteiger partial charge in [-0.2, -0.15) is 0 Å². The van der Waals surface area contributed by atoms with Gasteiger partial charge in [-0.25, -0.2) is 0 Å². The van der Waals surface area contributed by atoms with Crippen LogP contribution in [0.3, 0.4) is 0 Å². The Labute approximate surface area is 115 Å². The van der Waals surface area contributed by atoms with Crippen molar-refractivity contribution >= 4 is 11.3 Å². The number of piperazine rings is 1. The van der Waals surface area contributed by atoms with Gasteiger partial charge in [0.05, 0.1) is 5.51 Å². The van der Waals surface area contributed by atoms with Gasteiger partial charge in [-0.15, -0.1) is 11.3 Å². The van der Waals surface area contributed by atoms with Gasteiger partial charge >= 0.3 is 0 Å². The predicted molar refractivity (Wildman–Crippen MR) is 77.9 cm³/mol. The van der Waals surface area contributed by atoms with Crippen LogP contribution < -0.4 is 5.32 Å². The summed E-state index contributed by atoms with van der Waals surface area (Å²) in [7, 11) is 0. The summed E-state index contributed by atoms with van der Waals surface area (Å²) < 4.78 is 0. The second-order valence-electron chi connectivity index (χ2n) is 5.99. The molecule has 0 unspecified atom stereocenters. The topological polar surface area (TPSA) is 28.2 Å². The number of nitrogens with one attached hydrogen (secondary N) is 1. The van der Waals surface area contributed by atoms with E-state index in [-0.39, 0.29) is 5.54 Å². The summed E-state index contributed by atoms with van der Waals surface area (Å²) in [5, 5.41) is 3.71. The van der Waals surface area contributed by atoms with Crippen molar-refractivity contribution < 1.29 is 0 Å². The van der Waals surface area contributed by atoms with Gasteiger partial charge in [0.2, 0.25) is 0 Å². The zero-order valence-corrected chi connectivity index (χ0v) is 12.8. The SMILES string of the molecule is CCC1(CC)CNC(C)(C)CN1Cc1cncs1. The molecule has 0 aromatic carbocycles. The number of hydrogen-bond acceptors (Lipinski definition) is 4. The van der Waals surface area contributed by atoms with Crippen molar-refractivity contribution in [3.8, 4) is 0 Å². The Balaban J connectivity index is 2.19. The fraction of sp³-hybridized carbons (Fsp3) is 0.786. The van der Waals surface area contributed by atoms with Gasteiger partial charge in [0.25, 0.3) is 0 Å². The second kappa shape index (κ2) is 5.27. The van der Waals surface area contributed by atoms with E-state index in [9.17, 15) is 0 Å². The van der Waals surface area contributed by atoms with Crippen LogP contribution in [-0.2, 0) is 6.54 Å². The number of rotatable bonds is 4. The molecule has 0 radical (unpaired) electrons. The quantitative estimate of drug-likeness (QED) is 0.909. The molecule has 1 aliphatic rings. The minimum Gasteiger partial charge on any atom is -0.309 e. The lowest BCUT2D eigenvalue weighted by atomic mass is 9.84. The Bertz CT molecular complexity index is 368. The maximum Gasteiger partial charge on any atom is 0.0794 e. The fourth-order valence-electron chi connectivity index (χ4n) is 2.90. The molecule has 1 N–H and O–H groups in total. The monoisotopic (exact) mass is 267 g/mol. The average molecular weight is 267 g/mol. The summed E-state index contributed by atoms with van der Waals surface area (Å²) >= 11 is 1.77. The molecular formula is C14H25N3S. The average Bonchev–Trinajstić information content (AvgIpc) is 2.82. The molecule has 1 aromatic rings. The minimum absolute atomic E-state index is 0.207. The van der Waals surface area contributed by atoms with Crippen molar-refractivity contribution in [3.05, 3.63) is 16.6 Å². The highest BCUT2D eigenvalue weighted by atomic mass is 32.1. The van der Waals surface area contributed by atoms with Crippen LogP contribution in [0.15, 0.2) is 11.7 Å². The third-order valence-electron chi connectivity index (χ3n) is 4.30. The highest BCUT2D eigenvalue weighted by Crippen LogP contribution is 2.31. The zero-order chi connectivity index (χ0) is 13.2.